The summed E-state index contributed by atoms with van der Waals surface area (Å²) in [6.07, 6.45) is 2.71. The predicted octanol–water partition coefficient (Wildman–Crippen LogP) is 5.51. The van der Waals surface area contributed by atoms with Crippen LogP contribution in [0.5, 0.6) is 0 Å². The third-order valence-corrected chi connectivity index (χ3v) is 5.48. The summed E-state index contributed by atoms with van der Waals surface area (Å²) < 4.78 is 0. The van der Waals surface area contributed by atoms with Crippen molar-refractivity contribution in [3.8, 4) is 0 Å². The highest BCUT2D eigenvalue weighted by atomic mass is 16.2. The first-order valence-corrected chi connectivity index (χ1v) is 10.7. The van der Waals surface area contributed by atoms with E-state index in [1.54, 1.807) is 0 Å². The maximum Gasteiger partial charge on any atom is 0.319 e. The molecule has 5 nitrogen and oxygen atoms in total. The molecule has 0 radical (unpaired) electrons. The Balaban J connectivity index is 1.35. The minimum atomic E-state index is -0.251. The molecule has 1 aliphatic carbocycles. The lowest BCUT2D eigenvalue weighted by molar-refractivity contribution is -0.117. The van der Waals surface area contributed by atoms with E-state index in [1.165, 1.54) is 5.56 Å². The van der Waals surface area contributed by atoms with E-state index >= 15 is 0 Å². The topological polar surface area (TPSA) is 70.2 Å². The highest BCUT2D eigenvalue weighted by molar-refractivity contribution is 5.94. The molecule has 5 heteroatoms. The maximum atomic E-state index is 12.6. The van der Waals surface area contributed by atoms with Crippen LogP contribution in [0.3, 0.4) is 0 Å². The number of amides is 3. The van der Waals surface area contributed by atoms with Crippen molar-refractivity contribution in [1.82, 2.24) is 5.32 Å². The minimum absolute atomic E-state index is 0.0902. The number of para-hydroxylation sites is 1. The Morgan fingerprint density at radius 3 is 2.26 bits per heavy atom. The van der Waals surface area contributed by atoms with E-state index in [9.17, 15) is 9.59 Å². The van der Waals surface area contributed by atoms with Crippen LogP contribution < -0.4 is 16.0 Å². The molecular weight excluding hydrogens is 386 g/mol. The van der Waals surface area contributed by atoms with Crippen molar-refractivity contribution in [3.05, 3.63) is 95.6 Å². The van der Waals surface area contributed by atoms with Crippen LogP contribution in [0, 0.1) is 5.92 Å². The second-order valence-electron chi connectivity index (χ2n) is 8.03. The quantitative estimate of drug-likeness (QED) is 0.478. The SMILES string of the molecule is C[C@@H](NC(=O)Nc1ccccc1Cc1ccccc1)c1ccc(NC(=O)C2CC2)cc1. The number of carbonyl (C=O) groups is 2. The third kappa shape index (κ3) is 5.72. The zero-order valence-corrected chi connectivity index (χ0v) is 17.6. The van der Waals surface area contributed by atoms with E-state index in [2.05, 4.69) is 28.1 Å². The number of urea groups is 1. The number of rotatable bonds is 7. The second-order valence-corrected chi connectivity index (χ2v) is 8.03. The molecule has 158 valence electrons. The fraction of sp³-hybridized carbons (Fsp3) is 0.231. The molecule has 4 rings (SSSR count). The Morgan fingerprint density at radius 1 is 0.871 bits per heavy atom. The van der Waals surface area contributed by atoms with E-state index in [4.69, 9.17) is 0 Å². The Bertz CT molecular complexity index is 1040. The third-order valence-electron chi connectivity index (χ3n) is 5.48. The standard InChI is InChI=1S/C26H27N3O2/c1-18(20-13-15-23(16-14-20)28-25(30)21-11-12-21)27-26(31)29-24-10-6-5-9-22(24)17-19-7-3-2-4-8-19/h2-10,13-16,18,21H,11-12,17H2,1H3,(H,28,30)(H2,27,29,31)/t18-/m1/s1. The summed E-state index contributed by atoms with van der Waals surface area (Å²) >= 11 is 0. The number of anilines is 2. The fourth-order valence-corrected chi connectivity index (χ4v) is 3.50. The van der Waals surface area contributed by atoms with Crippen molar-refractivity contribution in [2.75, 3.05) is 10.6 Å². The lowest BCUT2D eigenvalue weighted by Crippen LogP contribution is -2.31. The average molecular weight is 414 g/mol. The summed E-state index contributed by atoms with van der Waals surface area (Å²) in [6, 6.07) is 25.2. The van der Waals surface area contributed by atoms with E-state index < -0.39 is 0 Å². The molecule has 3 aromatic rings. The highest BCUT2D eigenvalue weighted by Crippen LogP contribution is 2.30. The van der Waals surface area contributed by atoms with Crippen molar-refractivity contribution in [1.29, 1.82) is 0 Å². The molecule has 1 atom stereocenters. The lowest BCUT2D eigenvalue weighted by Gasteiger charge is -2.17. The fourth-order valence-electron chi connectivity index (χ4n) is 3.50. The van der Waals surface area contributed by atoms with Crippen LogP contribution in [0.1, 0.15) is 42.5 Å². The van der Waals surface area contributed by atoms with Gasteiger partial charge in [-0.1, -0.05) is 60.7 Å². The van der Waals surface area contributed by atoms with Gasteiger partial charge in [0.1, 0.15) is 0 Å². The first-order valence-electron chi connectivity index (χ1n) is 10.7. The van der Waals surface area contributed by atoms with Crippen LogP contribution in [0.15, 0.2) is 78.9 Å². The molecule has 3 N–H and O–H groups in total. The molecule has 1 aliphatic rings. The number of hydrogen-bond donors (Lipinski definition) is 3. The largest absolute Gasteiger partial charge is 0.331 e. The monoisotopic (exact) mass is 413 g/mol. The summed E-state index contributed by atoms with van der Waals surface area (Å²) in [6.45, 7) is 1.94. The van der Waals surface area contributed by atoms with Crippen LogP contribution in [-0.4, -0.2) is 11.9 Å². The highest BCUT2D eigenvalue weighted by Gasteiger charge is 2.29. The Labute approximate surface area is 182 Å². The Kier molecular flexibility index (Phi) is 6.32. The van der Waals surface area contributed by atoms with E-state index in [0.717, 1.165) is 41.8 Å². The van der Waals surface area contributed by atoms with Crippen molar-refractivity contribution in [3.63, 3.8) is 0 Å². The van der Waals surface area contributed by atoms with Gasteiger partial charge in [-0.15, -0.1) is 0 Å². The number of benzene rings is 3. The number of hydrogen-bond acceptors (Lipinski definition) is 2. The van der Waals surface area contributed by atoms with E-state index in [-0.39, 0.29) is 23.9 Å². The normalized spacial score (nSPS) is 13.8. The van der Waals surface area contributed by atoms with Gasteiger partial charge in [0.15, 0.2) is 0 Å². The molecule has 0 unspecified atom stereocenters. The van der Waals surface area contributed by atoms with Crippen molar-refractivity contribution in [2.24, 2.45) is 5.92 Å². The molecule has 0 saturated heterocycles. The summed E-state index contributed by atoms with van der Waals surface area (Å²) in [5.41, 5.74) is 4.81. The zero-order chi connectivity index (χ0) is 21.6. The van der Waals surface area contributed by atoms with Gasteiger partial charge in [0, 0.05) is 17.3 Å². The lowest BCUT2D eigenvalue weighted by atomic mass is 10.0. The molecule has 0 aromatic heterocycles. The number of carbonyl (C=O) groups excluding carboxylic acids is 2. The second kappa shape index (κ2) is 9.47. The van der Waals surface area contributed by atoms with Crippen LogP contribution in [0.2, 0.25) is 0 Å². The predicted molar refractivity (Wildman–Crippen MR) is 124 cm³/mol. The summed E-state index contributed by atoms with van der Waals surface area (Å²) in [5.74, 6) is 0.265. The van der Waals surface area contributed by atoms with Gasteiger partial charge in [0.05, 0.1) is 6.04 Å². The molecule has 0 heterocycles. The Morgan fingerprint density at radius 2 is 1.55 bits per heavy atom. The van der Waals surface area contributed by atoms with E-state index in [1.807, 2.05) is 73.7 Å². The summed E-state index contributed by atoms with van der Waals surface area (Å²) in [4.78, 5) is 24.5. The van der Waals surface area contributed by atoms with Gasteiger partial charge in [-0.25, -0.2) is 4.79 Å². The Hall–Kier alpha value is -3.60. The molecular formula is C26H27N3O2. The van der Waals surface area contributed by atoms with Crippen molar-refractivity contribution >= 4 is 23.3 Å². The van der Waals surface area contributed by atoms with Crippen LogP contribution in [-0.2, 0) is 11.2 Å². The van der Waals surface area contributed by atoms with Crippen molar-refractivity contribution in [2.45, 2.75) is 32.2 Å². The molecule has 0 spiro atoms. The van der Waals surface area contributed by atoms with Gasteiger partial charge in [-0.05, 0) is 61.1 Å². The zero-order valence-electron chi connectivity index (χ0n) is 17.6. The average Bonchev–Trinajstić information content (AvgIpc) is 3.62. The summed E-state index contributed by atoms with van der Waals surface area (Å²) in [7, 11) is 0. The van der Waals surface area contributed by atoms with Gasteiger partial charge in [-0.2, -0.15) is 0 Å². The molecule has 0 bridgehead atoms. The summed E-state index contributed by atoms with van der Waals surface area (Å²) in [5, 5.41) is 8.90. The molecule has 3 amide bonds. The van der Waals surface area contributed by atoms with Crippen LogP contribution >= 0.6 is 0 Å². The maximum absolute atomic E-state index is 12.6. The van der Waals surface area contributed by atoms with Crippen LogP contribution in [0.4, 0.5) is 16.2 Å². The van der Waals surface area contributed by atoms with Gasteiger partial charge in [-0.3, -0.25) is 4.79 Å². The minimum Gasteiger partial charge on any atom is -0.331 e. The van der Waals surface area contributed by atoms with Gasteiger partial charge in [0.25, 0.3) is 0 Å². The first-order chi connectivity index (χ1) is 15.1. The van der Waals surface area contributed by atoms with Crippen LogP contribution in [0.25, 0.3) is 0 Å². The molecule has 31 heavy (non-hydrogen) atoms. The van der Waals surface area contributed by atoms with Crippen molar-refractivity contribution < 1.29 is 9.59 Å². The smallest absolute Gasteiger partial charge is 0.319 e. The van der Waals surface area contributed by atoms with Gasteiger partial charge in [0.2, 0.25) is 5.91 Å². The molecule has 1 fully saturated rings. The van der Waals surface area contributed by atoms with Gasteiger partial charge < -0.3 is 16.0 Å². The molecule has 0 aliphatic heterocycles. The van der Waals surface area contributed by atoms with E-state index in [0.29, 0.717) is 0 Å². The number of nitrogens with one attached hydrogen (secondary N) is 3. The first kappa shape index (κ1) is 20.7. The molecule has 3 aromatic carbocycles. The molecule has 1 saturated carbocycles. The van der Waals surface area contributed by atoms with Gasteiger partial charge >= 0.3 is 6.03 Å².